The number of rotatable bonds is 3. The lowest BCUT2D eigenvalue weighted by atomic mass is 10.1. The average molecular weight is 262 g/mol. The van der Waals surface area contributed by atoms with Gasteiger partial charge in [0.1, 0.15) is 5.15 Å². The number of pyridine rings is 1. The topological polar surface area (TPSA) is 22.1 Å². The minimum Gasteiger partial charge on any atom is -0.373 e. The van der Waals surface area contributed by atoms with Crippen molar-refractivity contribution in [3.8, 4) is 0 Å². The number of para-hydroxylation sites is 1. The summed E-state index contributed by atoms with van der Waals surface area (Å²) in [6.45, 7) is 0.571. The SMILES string of the molecule is Clc1nc2ccccc2cc1COC1CCCC1. The summed E-state index contributed by atoms with van der Waals surface area (Å²) in [6, 6.07) is 10.1. The number of benzene rings is 1. The van der Waals surface area contributed by atoms with Crippen molar-refractivity contribution in [2.24, 2.45) is 0 Å². The fourth-order valence-electron chi connectivity index (χ4n) is 2.50. The van der Waals surface area contributed by atoms with Crippen LogP contribution in [0.3, 0.4) is 0 Å². The van der Waals surface area contributed by atoms with Gasteiger partial charge in [0.15, 0.2) is 0 Å². The molecule has 1 aliphatic carbocycles. The molecule has 2 aromatic rings. The summed E-state index contributed by atoms with van der Waals surface area (Å²) in [4.78, 5) is 4.41. The van der Waals surface area contributed by atoms with Crippen molar-refractivity contribution in [3.05, 3.63) is 41.0 Å². The molecule has 0 spiro atoms. The lowest BCUT2D eigenvalue weighted by molar-refractivity contribution is 0.0456. The third kappa shape index (κ3) is 2.50. The first-order valence-corrected chi connectivity index (χ1v) is 6.86. The van der Waals surface area contributed by atoms with Crippen LogP contribution in [0.4, 0.5) is 0 Å². The Morgan fingerprint density at radius 1 is 1.22 bits per heavy atom. The number of halogens is 1. The van der Waals surface area contributed by atoms with Crippen molar-refractivity contribution in [1.29, 1.82) is 0 Å². The molecule has 1 aromatic heterocycles. The Morgan fingerprint density at radius 3 is 2.83 bits per heavy atom. The molecule has 0 atom stereocenters. The van der Waals surface area contributed by atoms with Crippen LogP contribution in [0.25, 0.3) is 10.9 Å². The monoisotopic (exact) mass is 261 g/mol. The van der Waals surface area contributed by atoms with Gasteiger partial charge in [-0.25, -0.2) is 4.98 Å². The number of fused-ring (bicyclic) bond motifs is 1. The molecule has 2 nitrogen and oxygen atoms in total. The number of nitrogens with zero attached hydrogens (tertiary/aromatic N) is 1. The Kier molecular flexibility index (Phi) is 3.48. The van der Waals surface area contributed by atoms with Gasteiger partial charge in [0.2, 0.25) is 0 Å². The summed E-state index contributed by atoms with van der Waals surface area (Å²) in [7, 11) is 0. The van der Waals surface area contributed by atoms with E-state index in [2.05, 4.69) is 17.1 Å². The van der Waals surface area contributed by atoms with E-state index in [1.165, 1.54) is 25.7 Å². The minimum absolute atomic E-state index is 0.410. The first-order valence-electron chi connectivity index (χ1n) is 6.49. The van der Waals surface area contributed by atoms with E-state index in [4.69, 9.17) is 16.3 Å². The highest BCUT2D eigenvalue weighted by atomic mass is 35.5. The van der Waals surface area contributed by atoms with Gasteiger partial charge in [0.25, 0.3) is 0 Å². The largest absolute Gasteiger partial charge is 0.373 e. The molecule has 1 aliphatic rings. The van der Waals surface area contributed by atoms with Crippen molar-refractivity contribution in [1.82, 2.24) is 4.98 Å². The molecule has 18 heavy (non-hydrogen) atoms. The first-order chi connectivity index (χ1) is 8.83. The molecule has 3 heteroatoms. The average Bonchev–Trinajstić information content (AvgIpc) is 2.89. The van der Waals surface area contributed by atoms with Crippen LogP contribution in [0.15, 0.2) is 30.3 Å². The van der Waals surface area contributed by atoms with Crippen molar-refractivity contribution in [2.45, 2.75) is 38.4 Å². The number of ether oxygens (including phenoxy) is 1. The Morgan fingerprint density at radius 2 is 2.00 bits per heavy atom. The van der Waals surface area contributed by atoms with E-state index < -0.39 is 0 Å². The van der Waals surface area contributed by atoms with E-state index >= 15 is 0 Å². The van der Waals surface area contributed by atoms with E-state index in [0.717, 1.165) is 16.5 Å². The Hall–Kier alpha value is -1.12. The standard InChI is InChI=1S/C15H16ClNO/c16-15-12(10-18-13-6-2-3-7-13)9-11-5-1-4-8-14(11)17-15/h1,4-5,8-9,13H,2-3,6-7,10H2. The molecule has 94 valence electrons. The summed E-state index contributed by atoms with van der Waals surface area (Å²) in [5.74, 6) is 0. The first kappa shape index (κ1) is 11.9. The number of aromatic nitrogens is 1. The van der Waals surface area contributed by atoms with E-state index in [0.29, 0.717) is 17.9 Å². The summed E-state index contributed by atoms with van der Waals surface area (Å²) in [6.07, 6.45) is 5.34. The van der Waals surface area contributed by atoms with Gasteiger partial charge in [-0.05, 0) is 25.0 Å². The zero-order valence-electron chi connectivity index (χ0n) is 10.2. The van der Waals surface area contributed by atoms with E-state index in [1.54, 1.807) is 0 Å². The maximum absolute atomic E-state index is 6.20. The highest BCUT2D eigenvalue weighted by molar-refractivity contribution is 6.30. The van der Waals surface area contributed by atoms with Crippen LogP contribution in [0.1, 0.15) is 31.2 Å². The maximum Gasteiger partial charge on any atom is 0.135 e. The molecular formula is C15H16ClNO. The Bertz CT molecular complexity index is 549. The molecule has 3 rings (SSSR count). The Labute approximate surface area is 112 Å². The van der Waals surface area contributed by atoms with Gasteiger partial charge in [-0.3, -0.25) is 0 Å². The van der Waals surface area contributed by atoms with E-state index in [-0.39, 0.29) is 0 Å². The molecule has 0 bridgehead atoms. The van der Waals surface area contributed by atoms with Gasteiger partial charge < -0.3 is 4.74 Å². The highest BCUT2D eigenvalue weighted by Gasteiger charge is 2.16. The van der Waals surface area contributed by atoms with Crippen molar-refractivity contribution in [2.75, 3.05) is 0 Å². The summed E-state index contributed by atoms with van der Waals surface area (Å²) in [5, 5.41) is 1.68. The third-order valence-corrected chi connectivity index (χ3v) is 3.85. The van der Waals surface area contributed by atoms with Crippen LogP contribution >= 0.6 is 11.6 Å². The van der Waals surface area contributed by atoms with Crippen LogP contribution in [-0.2, 0) is 11.3 Å². The van der Waals surface area contributed by atoms with Gasteiger partial charge in [-0.15, -0.1) is 0 Å². The quantitative estimate of drug-likeness (QED) is 0.767. The molecule has 0 N–H and O–H groups in total. The molecule has 0 unspecified atom stereocenters. The second-order valence-electron chi connectivity index (χ2n) is 4.85. The predicted molar refractivity (Wildman–Crippen MR) is 73.8 cm³/mol. The van der Waals surface area contributed by atoms with Crippen LogP contribution in [0.2, 0.25) is 5.15 Å². The fourth-order valence-corrected chi connectivity index (χ4v) is 2.70. The molecule has 1 fully saturated rings. The number of hydrogen-bond acceptors (Lipinski definition) is 2. The lowest BCUT2D eigenvalue weighted by Gasteiger charge is -2.12. The minimum atomic E-state index is 0.410. The smallest absolute Gasteiger partial charge is 0.135 e. The molecule has 1 heterocycles. The van der Waals surface area contributed by atoms with Crippen LogP contribution in [0.5, 0.6) is 0 Å². The van der Waals surface area contributed by atoms with E-state index in [9.17, 15) is 0 Å². The Balaban J connectivity index is 1.80. The van der Waals surface area contributed by atoms with Gasteiger partial charge in [-0.2, -0.15) is 0 Å². The van der Waals surface area contributed by atoms with Gasteiger partial charge in [-0.1, -0.05) is 42.6 Å². The zero-order chi connectivity index (χ0) is 12.4. The van der Waals surface area contributed by atoms with Crippen molar-refractivity contribution in [3.63, 3.8) is 0 Å². The fraction of sp³-hybridized carbons (Fsp3) is 0.400. The molecular weight excluding hydrogens is 246 g/mol. The number of hydrogen-bond donors (Lipinski definition) is 0. The highest BCUT2D eigenvalue weighted by Crippen LogP contribution is 2.25. The van der Waals surface area contributed by atoms with Crippen molar-refractivity contribution < 1.29 is 4.74 Å². The predicted octanol–water partition coefficient (Wildman–Crippen LogP) is 4.35. The summed E-state index contributed by atoms with van der Waals surface area (Å²) in [5.41, 5.74) is 1.93. The zero-order valence-corrected chi connectivity index (χ0v) is 11.0. The summed E-state index contributed by atoms with van der Waals surface area (Å²) < 4.78 is 5.89. The molecule has 0 radical (unpaired) electrons. The van der Waals surface area contributed by atoms with Gasteiger partial charge in [0, 0.05) is 10.9 Å². The molecule has 0 amide bonds. The van der Waals surface area contributed by atoms with Gasteiger partial charge >= 0.3 is 0 Å². The van der Waals surface area contributed by atoms with Crippen molar-refractivity contribution >= 4 is 22.5 Å². The normalized spacial score (nSPS) is 16.5. The second kappa shape index (κ2) is 5.25. The molecule has 0 aliphatic heterocycles. The lowest BCUT2D eigenvalue weighted by Crippen LogP contribution is -2.07. The molecule has 1 saturated carbocycles. The summed E-state index contributed by atoms with van der Waals surface area (Å²) >= 11 is 6.20. The van der Waals surface area contributed by atoms with Gasteiger partial charge in [0.05, 0.1) is 18.2 Å². The molecule has 1 aromatic carbocycles. The second-order valence-corrected chi connectivity index (χ2v) is 5.21. The van der Waals surface area contributed by atoms with Crippen LogP contribution in [0, 0.1) is 0 Å². The van der Waals surface area contributed by atoms with Crippen LogP contribution < -0.4 is 0 Å². The maximum atomic E-state index is 6.20. The van der Waals surface area contributed by atoms with Crippen LogP contribution in [-0.4, -0.2) is 11.1 Å². The molecule has 0 saturated heterocycles. The third-order valence-electron chi connectivity index (χ3n) is 3.53. The van der Waals surface area contributed by atoms with E-state index in [1.807, 2.05) is 18.2 Å².